The largest absolute Gasteiger partial charge is 0.496 e. The van der Waals surface area contributed by atoms with E-state index in [1.807, 2.05) is 17.0 Å². The summed E-state index contributed by atoms with van der Waals surface area (Å²) in [6.07, 6.45) is 3.14. The van der Waals surface area contributed by atoms with Crippen LogP contribution in [0, 0.1) is 5.92 Å². The van der Waals surface area contributed by atoms with Crippen LogP contribution < -0.4 is 10.1 Å². The molecule has 0 aromatic heterocycles. The number of ether oxygens (including phenoxy) is 2. The maximum absolute atomic E-state index is 12.1. The summed E-state index contributed by atoms with van der Waals surface area (Å²) < 4.78 is 10.4. The SMILES string of the molecule is COCCNCC(=O)N1CCC(Cc2ccccc2OC)CC1.Cl. The van der Waals surface area contributed by atoms with Crippen molar-refractivity contribution < 1.29 is 14.3 Å². The van der Waals surface area contributed by atoms with Crippen LogP contribution in [0.1, 0.15) is 18.4 Å². The third-order valence-corrected chi connectivity index (χ3v) is 4.43. The molecule has 1 amide bonds. The van der Waals surface area contributed by atoms with Gasteiger partial charge in [-0.3, -0.25) is 4.79 Å². The predicted molar refractivity (Wildman–Crippen MR) is 98.0 cm³/mol. The van der Waals surface area contributed by atoms with Gasteiger partial charge in [-0.1, -0.05) is 18.2 Å². The van der Waals surface area contributed by atoms with Crippen molar-refractivity contribution >= 4 is 18.3 Å². The van der Waals surface area contributed by atoms with Gasteiger partial charge >= 0.3 is 0 Å². The van der Waals surface area contributed by atoms with Crippen molar-refractivity contribution in [1.82, 2.24) is 10.2 Å². The van der Waals surface area contributed by atoms with Crippen molar-refractivity contribution in [3.63, 3.8) is 0 Å². The Kier molecular flexibility index (Phi) is 9.76. The van der Waals surface area contributed by atoms with Gasteiger partial charge in [-0.25, -0.2) is 0 Å². The van der Waals surface area contributed by atoms with Crippen LogP contribution in [-0.2, 0) is 16.0 Å². The van der Waals surface area contributed by atoms with Crippen LogP contribution in [0.15, 0.2) is 24.3 Å². The van der Waals surface area contributed by atoms with Crippen molar-refractivity contribution in [2.24, 2.45) is 5.92 Å². The summed E-state index contributed by atoms with van der Waals surface area (Å²) in [5.41, 5.74) is 1.26. The first kappa shape index (κ1) is 20.7. The molecule has 0 saturated carbocycles. The van der Waals surface area contributed by atoms with Crippen molar-refractivity contribution in [3.05, 3.63) is 29.8 Å². The van der Waals surface area contributed by atoms with Crippen molar-refractivity contribution in [2.75, 3.05) is 47.0 Å². The van der Waals surface area contributed by atoms with Crippen LogP contribution in [0.25, 0.3) is 0 Å². The number of hydrogen-bond acceptors (Lipinski definition) is 4. The van der Waals surface area contributed by atoms with Gasteiger partial charge in [0, 0.05) is 26.7 Å². The first-order valence-corrected chi connectivity index (χ1v) is 8.34. The second-order valence-electron chi connectivity index (χ2n) is 6.01. The maximum atomic E-state index is 12.1. The lowest BCUT2D eigenvalue weighted by Gasteiger charge is -2.32. The number of likely N-dealkylation sites (tertiary alicyclic amines) is 1. The van der Waals surface area contributed by atoms with E-state index in [2.05, 4.69) is 17.4 Å². The maximum Gasteiger partial charge on any atom is 0.236 e. The minimum absolute atomic E-state index is 0. The Morgan fingerprint density at radius 1 is 1.25 bits per heavy atom. The van der Waals surface area contributed by atoms with Gasteiger partial charge < -0.3 is 19.7 Å². The van der Waals surface area contributed by atoms with Gasteiger partial charge in [0.05, 0.1) is 20.3 Å². The molecule has 2 rings (SSSR count). The molecule has 1 aliphatic heterocycles. The van der Waals surface area contributed by atoms with Crippen LogP contribution in [0.5, 0.6) is 5.75 Å². The lowest BCUT2D eigenvalue weighted by Crippen LogP contribution is -2.43. The van der Waals surface area contributed by atoms with E-state index in [1.165, 1.54) is 5.56 Å². The number of carbonyl (C=O) groups excluding carboxylic acids is 1. The Morgan fingerprint density at radius 3 is 2.62 bits per heavy atom. The fourth-order valence-corrected chi connectivity index (χ4v) is 3.05. The molecule has 0 atom stereocenters. The Bertz CT molecular complexity index is 491. The minimum atomic E-state index is 0. The van der Waals surface area contributed by atoms with Gasteiger partial charge in [-0.05, 0) is 36.8 Å². The minimum Gasteiger partial charge on any atom is -0.496 e. The zero-order valence-electron chi connectivity index (χ0n) is 14.6. The van der Waals surface area contributed by atoms with E-state index in [9.17, 15) is 4.79 Å². The van der Waals surface area contributed by atoms with E-state index in [0.717, 1.165) is 38.1 Å². The number of piperidine rings is 1. The number of hydrogen-bond donors (Lipinski definition) is 1. The highest BCUT2D eigenvalue weighted by Gasteiger charge is 2.23. The Morgan fingerprint density at radius 2 is 1.96 bits per heavy atom. The number of nitrogens with one attached hydrogen (secondary N) is 1. The highest BCUT2D eigenvalue weighted by Crippen LogP contribution is 2.26. The number of para-hydroxylation sites is 1. The molecule has 0 spiro atoms. The normalized spacial score (nSPS) is 15.0. The quantitative estimate of drug-likeness (QED) is 0.725. The Labute approximate surface area is 151 Å². The number of benzene rings is 1. The average Bonchev–Trinajstić information content (AvgIpc) is 2.59. The van der Waals surface area contributed by atoms with Gasteiger partial charge in [0.15, 0.2) is 0 Å². The molecule has 136 valence electrons. The lowest BCUT2D eigenvalue weighted by molar-refractivity contribution is -0.131. The number of nitrogens with zero attached hydrogens (tertiary/aromatic N) is 1. The van der Waals surface area contributed by atoms with Gasteiger partial charge in [-0.2, -0.15) is 0 Å². The average molecular weight is 357 g/mol. The third-order valence-electron chi connectivity index (χ3n) is 4.43. The van der Waals surface area contributed by atoms with Crippen LogP contribution in [0.3, 0.4) is 0 Å². The lowest BCUT2D eigenvalue weighted by atomic mass is 9.90. The molecule has 5 nitrogen and oxygen atoms in total. The standard InChI is InChI=1S/C18H28N2O3.ClH/c1-22-12-9-19-14-18(21)20-10-7-15(8-11-20)13-16-5-3-4-6-17(16)23-2;/h3-6,15,19H,7-14H2,1-2H3;1H. The fraction of sp³-hybridized carbons (Fsp3) is 0.611. The summed E-state index contributed by atoms with van der Waals surface area (Å²) in [6, 6.07) is 8.21. The number of methoxy groups -OCH3 is 2. The summed E-state index contributed by atoms with van der Waals surface area (Å²) in [6.45, 7) is 3.45. The van der Waals surface area contributed by atoms with Gasteiger partial charge in [0.1, 0.15) is 5.75 Å². The van der Waals surface area contributed by atoms with Gasteiger partial charge in [0.2, 0.25) is 5.91 Å². The molecule has 0 bridgehead atoms. The van der Waals surface area contributed by atoms with Crippen LogP contribution in [0.4, 0.5) is 0 Å². The molecule has 24 heavy (non-hydrogen) atoms. The molecular formula is C18H29ClN2O3. The molecule has 0 radical (unpaired) electrons. The number of halogens is 1. The number of carbonyl (C=O) groups is 1. The van der Waals surface area contributed by atoms with E-state index in [-0.39, 0.29) is 18.3 Å². The van der Waals surface area contributed by atoms with Crippen molar-refractivity contribution in [2.45, 2.75) is 19.3 Å². The zero-order chi connectivity index (χ0) is 16.5. The first-order valence-electron chi connectivity index (χ1n) is 8.34. The topological polar surface area (TPSA) is 50.8 Å². The molecule has 1 aromatic carbocycles. The third kappa shape index (κ3) is 6.30. The molecule has 1 fully saturated rings. The molecule has 1 aromatic rings. The highest BCUT2D eigenvalue weighted by molar-refractivity contribution is 5.85. The summed E-state index contributed by atoms with van der Waals surface area (Å²) in [5.74, 6) is 1.78. The molecule has 1 saturated heterocycles. The molecule has 1 heterocycles. The van der Waals surface area contributed by atoms with E-state index in [1.54, 1.807) is 14.2 Å². The monoisotopic (exact) mass is 356 g/mol. The van der Waals surface area contributed by atoms with Crippen molar-refractivity contribution in [1.29, 1.82) is 0 Å². The Balaban J connectivity index is 0.00000288. The molecular weight excluding hydrogens is 328 g/mol. The summed E-state index contributed by atoms with van der Waals surface area (Å²) >= 11 is 0. The second-order valence-corrected chi connectivity index (χ2v) is 6.01. The molecule has 0 unspecified atom stereocenters. The summed E-state index contributed by atoms with van der Waals surface area (Å²) in [4.78, 5) is 14.1. The predicted octanol–water partition coefficient (Wildman–Crippen LogP) is 2.13. The van der Waals surface area contributed by atoms with Crippen LogP contribution >= 0.6 is 12.4 Å². The van der Waals surface area contributed by atoms with E-state index < -0.39 is 0 Å². The zero-order valence-corrected chi connectivity index (χ0v) is 15.4. The van der Waals surface area contributed by atoms with Crippen LogP contribution in [-0.4, -0.2) is 57.8 Å². The molecule has 1 aliphatic rings. The van der Waals surface area contributed by atoms with E-state index in [0.29, 0.717) is 25.6 Å². The Hall–Kier alpha value is -1.30. The first-order chi connectivity index (χ1) is 11.2. The van der Waals surface area contributed by atoms with Crippen molar-refractivity contribution in [3.8, 4) is 5.75 Å². The number of rotatable bonds is 8. The summed E-state index contributed by atoms with van der Waals surface area (Å²) in [7, 11) is 3.38. The molecule has 6 heteroatoms. The highest BCUT2D eigenvalue weighted by atomic mass is 35.5. The number of amides is 1. The second kappa shape index (κ2) is 11.3. The van der Waals surface area contributed by atoms with Crippen LogP contribution in [0.2, 0.25) is 0 Å². The molecule has 1 N–H and O–H groups in total. The smallest absolute Gasteiger partial charge is 0.236 e. The van der Waals surface area contributed by atoms with E-state index >= 15 is 0 Å². The summed E-state index contributed by atoms with van der Waals surface area (Å²) in [5, 5.41) is 3.12. The molecule has 0 aliphatic carbocycles. The fourth-order valence-electron chi connectivity index (χ4n) is 3.05. The van der Waals surface area contributed by atoms with E-state index in [4.69, 9.17) is 9.47 Å². The van der Waals surface area contributed by atoms with Gasteiger partial charge in [-0.15, -0.1) is 12.4 Å². The van der Waals surface area contributed by atoms with Gasteiger partial charge in [0.25, 0.3) is 0 Å².